The Morgan fingerprint density at radius 1 is 1.44 bits per heavy atom. The van der Waals surface area contributed by atoms with Gasteiger partial charge in [0.2, 0.25) is 0 Å². The van der Waals surface area contributed by atoms with E-state index in [-0.39, 0.29) is 6.61 Å². The maximum Gasteiger partial charge on any atom is 0.134 e. The van der Waals surface area contributed by atoms with Crippen LogP contribution < -0.4 is 4.90 Å². The van der Waals surface area contributed by atoms with E-state index >= 15 is 0 Å². The Hall–Kier alpha value is -1.09. The Kier molecular flexibility index (Phi) is 3.91. The molecule has 1 unspecified atom stereocenters. The summed E-state index contributed by atoms with van der Waals surface area (Å²) in [5.41, 5.74) is 3.18. The Bertz CT molecular complexity index is 429. The maximum atomic E-state index is 9.61. The van der Waals surface area contributed by atoms with Crippen LogP contribution in [0.5, 0.6) is 0 Å². The van der Waals surface area contributed by atoms with E-state index in [1.54, 1.807) is 0 Å². The monoisotopic (exact) mass is 248 g/mol. The van der Waals surface area contributed by atoms with Crippen LogP contribution in [0.3, 0.4) is 0 Å². The van der Waals surface area contributed by atoms with Crippen molar-refractivity contribution in [3.8, 4) is 0 Å². The SMILES string of the molecule is Cc1cc(C)c(CO)c(N2CCCC2C(C)C)n1. The Balaban J connectivity index is 2.43. The molecule has 0 bridgehead atoms. The highest BCUT2D eigenvalue weighted by Crippen LogP contribution is 2.32. The van der Waals surface area contributed by atoms with Gasteiger partial charge in [0.05, 0.1) is 6.61 Å². The van der Waals surface area contributed by atoms with Gasteiger partial charge in [-0.3, -0.25) is 0 Å². The molecule has 1 fully saturated rings. The molecule has 0 radical (unpaired) electrons. The third-order valence-corrected chi connectivity index (χ3v) is 3.95. The second kappa shape index (κ2) is 5.27. The van der Waals surface area contributed by atoms with Crippen LogP contribution in [-0.2, 0) is 6.61 Å². The van der Waals surface area contributed by atoms with Crippen molar-refractivity contribution in [1.29, 1.82) is 0 Å². The molecule has 18 heavy (non-hydrogen) atoms. The summed E-state index contributed by atoms with van der Waals surface area (Å²) in [4.78, 5) is 7.08. The number of hydrogen-bond acceptors (Lipinski definition) is 3. The molecule has 2 rings (SSSR count). The van der Waals surface area contributed by atoms with Crippen LogP contribution in [0.15, 0.2) is 6.07 Å². The molecule has 3 nitrogen and oxygen atoms in total. The highest BCUT2D eigenvalue weighted by atomic mass is 16.3. The van der Waals surface area contributed by atoms with Crippen molar-refractivity contribution in [3.63, 3.8) is 0 Å². The van der Waals surface area contributed by atoms with Crippen LogP contribution in [0.4, 0.5) is 5.82 Å². The quantitative estimate of drug-likeness (QED) is 0.893. The van der Waals surface area contributed by atoms with Crippen molar-refractivity contribution in [3.05, 3.63) is 22.9 Å². The summed E-state index contributed by atoms with van der Waals surface area (Å²) in [6.07, 6.45) is 2.46. The van der Waals surface area contributed by atoms with Gasteiger partial charge in [0, 0.05) is 23.8 Å². The second-order valence-electron chi connectivity index (χ2n) is 5.69. The van der Waals surface area contributed by atoms with Crippen molar-refractivity contribution >= 4 is 5.82 Å². The number of aliphatic hydroxyl groups excluding tert-OH is 1. The minimum absolute atomic E-state index is 0.0791. The Labute approximate surface area is 110 Å². The molecular weight excluding hydrogens is 224 g/mol. The van der Waals surface area contributed by atoms with Gasteiger partial charge in [0.25, 0.3) is 0 Å². The molecule has 0 saturated carbocycles. The Morgan fingerprint density at radius 3 is 2.78 bits per heavy atom. The van der Waals surface area contributed by atoms with E-state index in [2.05, 4.69) is 36.7 Å². The molecule has 0 aliphatic carbocycles. The predicted octanol–water partition coefficient (Wildman–Crippen LogP) is 2.82. The van der Waals surface area contributed by atoms with Gasteiger partial charge < -0.3 is 10.0 Å². The first-order valence-corrected chi connectivity index (χ1v) is 6.89. The van der Waals surface area contributed by atoms with Crippen molar-refractivity contribution in [2.24, 2.45) is 5.92 Å². The number of aliphatic hydroxyl groups is 1. The van der Waals surface area contributed by atoms with Gasteiger partial charge in [0.15, 0.2) is 0 Å². The van der Waals surface area contributed by atoms with Gasteiger partial charge in [0.1, 0.15) is 5.82 Å². The van der Waals surface area contributed by atoms with E-state index < -0.39 is 0 Å². The molecule has 0 spiro atoms. The highest BCUT2D eigenvalue weighted by molar-refractivity contribution is 5.53. The van der Waals surface area contributed by atoms with Crippen molar-refractivity contribution in [1.82, 2.24) is 4.98 Å². The largest absolute Gasteiger partial charge is 0.392 e. The highest BCUT2D eigenvalue weighted by Gasteiger charge is 2.29. The minimum atomic E-state index is 0.0791. The summed E-state index contributed by atoms with van der Waals surface area (Å²) in [5, 5.41) is 9.61. The number of anilines is 1. The molecule has 1 aliphatic rings. The lowest BCUT2D eigenvalue weighted by Gasteiger charge is -2.31. The number of aryl methyl sites for hydroxylation is 2. The summed E-state index contributed by atoms with van der Waals surface area (Å²) < 4.78 is 0. The molecule has 1 atom stereocenters. The minimum Gasteiger partial charge on any atom is -0.392 e. The average molecular weight is 248 g/mol. The molecule has 1 saturated heterocycles. The molecule has 1 aliphatic heterocycles. The maximum absolute atomic E-state index is 9.61. The summed E-state index contributed by atoms with van der Waals surface area (Å²) >= 11 is 0. The van der Waals surface area contributed by atoms with Crippen LogP contribution in [0.2, 0.25) is 0 Å². The zero-order chi connectivity index (χ0) is 13.3. The average Bonchev–Trinajstić information content (AvgIpc) is 2.76. The summed E-state index contributed by atoms with van der Waals surface area (Å²) in [6.45, 7) is 9.76. The van der Waals surface area contributed by atoms with E-state index in [0.717, 1.165) is 29.2 Å². The van der Waals surface area contributed by atoms with Crippen molar-refractivity contribution < 1.29 is 5.11 Å². The molecule has 2 heterocycles. The fraction of sp³-hybridized carbons (Fsp3) is 0.667. The number of rotatable bonds is 3. The summed E-state index contributed by atoms with van der Waals surface area (Å²) in [7, 11) is 0. The van der Waals surface area contributed by atoms with Gasteiger partial charge in [-0.1, -0.05) is 13.8 Å². The first kappa shape index (κ1) is 13.3. The third kappa shape index (κ3) is 2.37. The summed E-state index contributed by atoms with van der Waals surface area (Å²) in [6, 6.07) is 2.61. The van der Waals surface area contributed by atoms with Crippen molar-refractivity contribution in [2.75, 3.05) is 11.4 Å². The lowest BCUT2D eigenvalue weighted by molar-refractivity contribution is 0.280. The number of hydrogen-bond donors (Lipinski definition) is 1. The van der Waals surface area contributed by atoms with Gasteiger partial charge in [-0.15, -0.1) is 0 Å². The zero-order valence-corrected chi connectivity index (χ0v) is 11.9. The molecule has 100 valence electrons. The third-order valence-electron chi connectivity index (χ3n) is 3.95. The molecule has 0 aromatic carbocycles. The smallest absolute Gasteiger partial charge is 0.134 e. The molecule has 1 N–H and O–H groups in total. The van der Waals surface area contributed by atoms with Crippen LogP contribution >= 0.6 is 0 Å². The van der Waals surface area contributed by atoms with Crippen molar-refractivity contribution in [2.45, 2.75) is 53.2 Å². The fourth-order valence-electron chi connectivity index (χ4n) is 3.03. The van der Waals surface area contributed by atoms with Crippen LogP contribution in [-0.4, -0.2) is 22.7 Å². The topological polar surface area (TPSA) is 36.4 Å². The van der Waals surface area contributed by atoms with Gasteiger partial charge >= 0.3 is 0 Å². The van der Waals surface area contributed by atoms with E-state index in [9.17, 15) is 5.11 Å². The standard InChI is InChI=1S/C15H24N2O/c1-10(2)14-6-5-7-17(14)15-13(9-18)11(3)8-12(4)16-15/h8,10,14,18H,5-7,9H2,1-4H3. The predicted molar refractivity (Wildman–Crippen MR) is 74.8 cm³/mol. The van der Waals surface area contributed by atoms with Crippen LogP contribution in [0.1, 0.15) is 43.5 Å². The molecule has 3 heteroatoms. The lowest BCUT2D eigenvalue weighted by atomic mass is 10.0. The molecule has 1 aromatic rings. The number of aromatic nitrogens is 1. The van der Waals surface area contributed by atoms with Crippen LogP contribution in [0.25, 0.3) is 0 Å². The second-order valence-corrected chi connectivity index (χ2v) is 5.69. The summed E-state index contributed by atoms with van der Waals surface area (Å²) in [5.74, 6) is 1.63. The fourth-order valence-corrected chi connectivity index (χ4v) is 3.03. The van der Waals surface area contributed by atoms with Gasteiger partial charge in [-0.25, -0.2) is 4.98 Å². The molecule has 1 aromatic heterocycles. The first-order chi connectivity index (χ1) is 8.54. The van der Waals surface area contributed by atoms with E-state index in [1.165, 1.54) is 12.8 Å². The zero-order valence-electron chi connectivity index (χ0n) is 11.9. The normalized spacial score (nSPS) is 19.9. The number of nitrogens with zero attached hydrogens (tertiary/aromatic N) is 2. The van der Waals surface area contributed by atoms with Gasteiger partial charge in [-0.2, -0.15) is 0 Å². The van der Waals surface area contributed by atoms with Gasteiger partial charge in [-0.05, 0) is 44.2 Å². The lowest BCUT2D eigenvalue weighted by Crippen LogP contribution is -2.35. The molecule has 0 amide bonds. The van der Waals surface area contributed by atoms with E-state index in [1.807, 2.05) is 6.92 Å². The molecular formula is C15H24N2O. The number of pyridine rings is 1. The Morgan fingerprint density at radius 2 is 2.17 bits per heavy atom. The van der Waals surface area contributed by atoms with Crippen LogP contribution in [0, 0.1) is 19.8 Å². The van der Waals surface area contributed by atoms with E-state index in [4.69, 9.17) is 0 Å². The van der Waals surface area contributed by atoms with E-state index in [0.29, 0.717) is 12.0 Å². The first-order valence-electron chi connectivity index (χ1n) is 6.89.